The Hall–Kier alpha value is -2.36. The number of rotatable bonds is 8. The van der Waals surface area contributed by atoms with Crippen LogP contribution in [0.3, 0.4) is 0 Å². The van der Waals surface area contributed by atoms with Crippen molar-refractivity contribution in [1.82, 2.24) is 9.88 Å². The highest BCUT2D eigenvalue weighted by molar-refractivity contribution is 5.93. The van der Waals surface area contributed by atoms with Crippen molar-refractivity contribution >= 4 is 5.91 Å². The monoisotopic (exact) mass is 326 g/mol. The molecule has 0 aliphatic heterocycles. The summed E-state index contributed by atoms with van der Waals surface area (Å²) in [5.41, 5.74) is 1.88. The van der Waals surface area contributed by atoms with Gasteiger partial charge in [0.2, 0.25) is 5.88 Å². The van der Waals surface area contributed by atoms with Gasteiger partial charge in [0, 0.05) is 26.4 Å². The van der Waals surface area contributed by atoms with Crippen LogP contribution in [0, 0.1) is 0 Å². The lowest BCUT2D eigenvalue weighted by molar-refractivity contribution is 0.0827. The summed E-state index contributed by atoms with van der Waals surface area (Å²) in [6.45, 7) is 2.23. The number of hydrogen-bond acceptors (Lipinski definition) is 3. The Bertz CT molecular complexity index is 634. The Morgan fingerprint density at radius 2 is 1.79 bits per heavy atom. The van der Waals surface area contributed by atoms with E-state index < -0.39 is 0 Å². The third-order valence-corrected chi connectivity index (χ3v) is 3.85. The van der Waals surface area contributed by atoms with Gasteiger partial charge >= 0.3 is 0 Å². The van der Waals surface area contributed by atoms with Crippen LogP contribution in [-0.4, -0.2) is 29.9 Å². The molecule has 2 aromatic rings. The van der Waals surface area contributed by atoms with Crippen LogP contribution in [0.1, 0.15) is 48.5 Å². The molecule has 0 bridgehead atoms. The number of amides is 1. The van der Waals surface area contributed by atoms with Crippen LogP contribution >= 0.6 is 0 Å². The van der Waals surface area contributed by atoms with Crippen molar-refractivity contribution in [3.8, 4) is 11.6 Å². The molecule has 0 spiro atoms. The predicted molar refractivity (Wildman–Crippen MR) is 96.6 cm³/mol. The average Bonchev–Trinajstić information content (AvgIpc) is 2.60. The standard InChI is InChI=1S/C20H26N2O2/c1-4-5-6-7-8-16-9-12-18(13-10-16)24-19-14-11-17(15-21-19)20(23)22(2)3/h9-15H,4-8H2,1-3H3. The molecule has 2 rings (SSSR count). The van der Waals surface area contributed by atoms with E-state index in [1.807, 2.05) is 12.1 Å². The number of pyridine rings is 1. The number of carbonyl (C=O) groups is 1. The van der Waals surface area contributed by atoms with Crippen molar-refractivity contribution in [2.45, 2.75) is 39.0 Å². The lowest BCUT2D eigenvalue weighted by Gasteiger charge is -2.10. The highest BCUT2D eigenvalue weighted by atomic mass is 16.5. The molecule has 0 unspecified atom stereocenters. The van der Waals surface area contributed by atoms with Crippen LogP contribution in [0.2, 0.25) is 0 Å². The second-order valence-electron chi connectivity index (χ2n) is 6.14. The molecule has 24 heavy (non-hydrogen) atoms. The summed E-state index contributed by atoms with van der Waals surface area (Å²) in [6, 6.07) is 11.6. The molecule has 1 aromatic heterocycles. The number of ether oxygens (including phenoxy) is 1. The van der Waals surface area contributed by atoms with E-state index in [1.54, 1.807) is 32.4 Å². The molecule has 128 valence electrons. The molecule has 0 radical (unpaired) electrons. The van der Waals surface area contributed by atoms with Gasteiger partial charge in [0.15, 0.2) is 0 Å². The van der Waals surface area contributed by atoms with Crippen molar-refractivity contribution in [1.29, 1.82) is 0 Å². The smallest absolute Gasteiger partial charge is 0.254 e. The van der Waals surface area contributed by atoms with Gasteiger partial charge in [-0.05, 0) is 36.6 Å². The molecular formula is C20H26N2O2. The van der Waals surface area contributed by atoms with Gasteiger partial charge < -0.3 is 9.64 Å². The highest BCUT2D eigenvalue weighted by Crippen LogP contribution is 2.21. The van der Waals surface area contributed by atoms with Crippen LogP contribution in [0.5, 0.6) is 11.6 Å². The van der Waals surface area contributed by atoms with Gasteiger partial charge in [-0.1, -0.05) is 38.3 Å². The fourth-order valence-electron chi connectivity index (χ4n) is 2.43. The number of nitrogens with zero attached hydrogens (tertiary/aromatic N) is 2. The molecule has 0 fully saturated rings. The third-order valence-electron chi connectivity index (χ3n) is 3.85. The summed E-state index contributed by atoms with van der Waals surface area (Å²) >= 11 is 0. The maximum absolute atomic E-state index is 11.8. The molecular weight excluding hydrogens is 300 g/mol. The van der Waals surface area contributed by atoms with Crippen LogP contribution < -0.4 is 4.74 Å². The van der Waals surface area contributed by atoms with Gasteiger partial charge in [-0.2, -0.15) is 0 Å². The Morgan fingerprint density at radius 1 is 1.04 bits per heavy atom. The molecule has 0 saturated heterocycles. The van der Waals surface area contributed by atoms with E-state index in [0.717, 1.165) is 12.2 Å². The number of unbranched alkanes of at least 4 members (excludes halogenated alkanes) is 3. The minimum absolute atomic E-state index is 0.0681. The minimum Gasteiger partial charge on any atom is -0.439 e. The lowest BCUT2D eigenvalue weighted by atomic mass is 10.1. The molecule has 4 nitrogen and oxygen atoms in total. The van der Waals surface area contributed by atoms with Gasteiger partial charge in [-0.15, -0.1) is 0 Å². The molecule has 1 heterocycles. The van der Waals surface area contributed by atoms with Crippen LogP contribution in [0.15, 0.2) is 42.6 Å². The molecule has 0 atom stereocenters. The molecule has 1 amide bonds. The first-order chi connectivity index (χ1) is 11.6. The summed E-state index contributed by atoms with van der Waals surface area (Å²) in [4.78, 5) is 17.5. The maximum atomic E-state index is 11.8. The third kappa shape index (κ3) is 5.37. The first kappa shape index (κ1) is 18.0. The fourth-order valence-corrected chi connectivity index (χ4v) is 2.43. The Morgan fingerprint density at radius 3 is 2.38 bits per heavy atom. The van der Waals surface area contributed by atoms with Crippen molar-refractivity contribution in [2.75, 3.05) is 14.1 Å². The van der Waals surface area contributed by atoms with E-state index in [2.05, 4.69) is 24.0 Å². The largest absolute Gasteiger partial charge is 0.439 e. The van der Waals surface area contributed by atoms with Crippen LogP contribution in [0.4, 0.5) is 0 Å². The number of aromatic nitrogens is 1. The van der Waals surface area contributed by atoms with E-state index in [9.17, 15) is 4.79 Å². The first-order valence-electron chi connectivity index (χ1n) is 8.54. The van der Waals surface area contributed by atoms with E-state index in [0.29, 0.717) is 11.4 Å². The number of benzene rings is 1. The summed E-state index contributed by atoms with van der Waals surface area (Å²) in [6.07, 6.45) is 7.74. The highest BCUT2D eigenvalue weighted by Gasteiger charge is 2.08. The van der Waals surface area contributed by atoms with Crippen LogP contribution in [0.25, 0.3) is 0 Å². The molecule has 0 aliphatic carbocycles. The van der Waals surface area contributed by atoms with Crippen molar-refractivity contribution in [3.05, 3.63) is 53.7 Å². The van der Waals surface area contributed by atoms with Gasteiger partial charge in [0.05, 0.1) is 5.56 Å². The molecule has 4 heteroatoms. The second-order valence-corrected chi connectivity index (χ2v) is 6.14. The number of aryl methyl sites for hydroxylation is 1. The van der Waals surface area contributed by atoms with E-state index in [1.165, 1.54) is 36.1 Å². The first-order valence-corrected chi connectivity index (χ1v) is 8.54. The molecule has 0 saturated carbocycles. The van der Waals surface area contributed by atoms with Crippen molar-refractivity contribution in [3.63, 3.8) is 0 Å². The quantitative estimate of drug-likeness (QED) is 0.660. The van der Waals surface area contributed by atoms with Gasteiger partial charge in [0.1, 0.15) is 5.75 Å². The lowest BCUT2D eigenvalue weighted by Crippen LogP contribution is -2.21. The van der Waals surface area contributed by atoms with E-state index >= 15 is 0 Å². The Balaban J connectivity index is 1.90. The van der Waals surface area contributed by atoms with Crippen molar-refractivity contribution in [2.24, 2.45) is 0 Å². The Kier molecular flexibility index (Phi) is 6.79. The Labute approximate surface area is 144 Å². The molecule has 0 aliphatic rings. The summed E-state index contributed by atoms with van der Waals surface area (Å²) in [7, 11) is 3.44. The van der Waals surface area contributed by atoms with Gasteiger partial charge in [0.25, 0.3) is 5.91 Å². The fraction of sp³-hybridized carbons (Fsp3) is 0.400. The number of carbonyl (C=O) groups excluding carboxylic acids is 1. The second kappa shape index (κ2) is 9.06. The summed E-state index contributed by atoms with van der Waals surface area (Å²) < 4.78 is 5.74. The molecule has 1 aromatic carbocycles. The maximum Gasteiger partial charge on any atom is 0.254 e. The van der Waals surface area contributed by atoms with E-state index in [-0.39, 0.29) is 5.91 Å². The zero-order valence-corrected chi connectivity index (χ0v) is 14.8. The average molecular weight is 326 g/mol. The predicted octanol–water partition coefficient (Wildman–Crippen LogP) is 4.70. The SMILES string of the molecule is CCCCCCc1ccc(Oc2ccc(C(=O)N(C)C)cn2)cc1. The topological polar surface area (TPSA) is 42.4 Å². The summed E-state index contributed by atoms with van der Waals surface area (Å²) in [5, 5.41) is 0. The number of hydrogen-bond donors (Lipinski definition) is 0. The van der Waals surface area contributed by atoms with Crippen molar-refractivity contribution < 1.29 is 9.53 Å². The summed E-state index contributed by atoms with van der Waals surface area (Å²) in [5.74, 6) is 1.17. The minimum atomic E-state index is -0.0681. The van der Waals surface area contributed by atoms with E-state index in [4.69, 9.17) is 4.74 Å². The van der Waals surface area contributed by atoms with Gasteiger partial charge in [-0.25, -0.2) is 4.98 Å². The van der Waals surface area contributed by atoms with Gasteiger partial charge in [-0.3, -0.25) is 4.79 Å². The van der Waals surface area contributed by atoms with Crippen LogP contribution in [-0.2, 0) is 6.42 Å². The zero-order valence-electron chi connectivity index (χ0n) is 14.8. The zero-order chi connectivity index (χ0) is 17.4. The molecule has 0 N–H and O–H groups in total. The normalized spacial score (nSPS) is 10.5.